The van der Waals surface area contributed by atoms with Crippen LogP contribution in [0, 0.1) is 0 Å². The van der Waals surface area contributed by atoms with E-state index in [1.54, 1.807) is 0 Å². The van der Waals surface area contributed by atoms with E-state index in [9.17, 15) is 0 Å². The number of aromatic amines is 2. The normalized spacial score (nSPS) is 26.2. The molecule has 4 aliphatic rings. The molecule has 3 aromatic carbocycles. The van der Waals surface area contributed by atoms with Crippen LogP contribution in [-0.2, 0) is 0 Å². The monoisotopic (exact) mass is 557 g/mol. The van der Waals surface area contributed by atoms with Gasteiger partial charge in [0.15, 0.2) is 0 Å². The van der Waals surface area contributed by atoms with E-state index in [4.69, 9.17) is 9.97 Å². The molecule has 0 radical (unpaired) electrons. The predicted octanol–water partition coefficient (Wildman–Crippen LogP) is 7.25. The zero-order chi connectivity index (χ0) is 27.6. The minimum absolute atomic E-state index is 0.304. The standard InChI is InChI=1S/C35H39N7/c1-3-28(36-17-1)34-38-26-13-9-23(19-30(26)40-34)32-15-16-33(42(32)25-11-7-22(8-12-25)21-5-6-21)24-10-14-27-31(20-24)41-35(39-27)29-4-2-18-37-29/h7-14,19-21,28-29,32-33,36-37H,1-6,15-18H2,(H,38,40)(H,39,41)/t28-,29-,32-,33?/m0/s1. The molecule has 0 bridgehead atoms. The van der Waals surface area contributed by atoms with Crippen molar-refractivity contribution in [3.8, 4) is 0 Å². The van der Waals surface area contributed by atoms with Crippen LogP contribution in [0.5, 0.6) is 0 Å². The van der Waals surface area contributed by atoms with Crippen molar-refractivity contribution in [1.82, 2.24) is 30.6 Å². The van der Waals surface area contributed by atoms with Crippen LogP contribution in [0.2, 0.25) is 0 Å². The van der Waals surface area contributed by atoms with Gasteiger partial charge in [0.1, 0.15) is 11.6 Å². The summed E-state index contributed by atoms with van der Waals surface area (Å²) in [5.74, 6) is 2.93. The smallest absolute Gasteiger partial charge is 0.124 e. The molecule has 7 heteroatoms. The maximum atomic E-state index is 4.95. The van der Waals surface area contributed by atoms with Crippen LogP contribution in [0.15, 0.2) is 60.7 Å². The van der Waals surface area contributed by atoms with Crippen LogP contribution in [0.3, 0.4) is 0 Å². The molecule has 42 heavy (non-hydrogen) atoms. The van der Waals surface area contributed by atoms with Gasteiger partial charge in [0.05, 0.1) is 46.2 Å². The molecule has 5 aromatic rings. The summed E-state index contributed by atoms with van der Waals surface area (Å²) in [6, 6.07) is 24.6. The molecular formula is C35H39N7. The summed E-state index contributed by atoms with van der Waals surface area (Å²) in [5.41, 5.74) is 9.96. The number of aromatic nitrogens is 4. The maximum absolute atomic E-state index is 4.95. The summed E-state index contributed by atoms with van der Waals surface area (Å²) < 4.78 is 0. The van der Waals surface area contributed by atoms with Crippen molar-refractivity contribution in [2.24, 2.45) is 0 Å². The molecule has 4 N–H and O–H groups in total. The third-order valence-corrected chi connectivity index (χ3v) is 10.2. The number of imidazole rings is 2. The lowest BCUT2D eigenvalue weighted by Gasteiger charge is -2.33. The minimum Gasteiger partial charge on any atom is -0.357 e. The molecule has 2 aromatic heterocycles. The van der Waals surface area contributed by atoms with Gasteiger partial charge in [-0.1, -0.05) is 24.3 Å². The SMILES string of the molecule is c1cc(N2C(c3ccc4nc([C@@H]5CCCN5)[nH]c4c3)CC[C@H]2c2ccc3nc([C@@H]4CCCN4)[nH]c3c2)ccc1C1CC1. The first-order chi connectivity index (χ1) is 20.8. The summed E-state index contributed by atoms with van der Waals surface area (Å²) in [6.07, 6.45) is 9.64. The van der Waals surface area contributed by atoms with Crippen molar-refractivity contribution in [3.63, 3.8) is 0 Å². The van der Waals surface area contributed by atoms with E-state index in [2.05, 4.69) is 86.2 Å². The second kappa shape index (κ2) is 9.96. The number of H-pyrrole nitrogens is 2. The summed E-state index contributed by atoms with van der Waals surface area (Å²) in [7, 11) is 0. The van der Waals surface area contributed by atoms with Crippen LogP contribution in [0.1, 0.15) is 110 Å². The Kier molecular flexibility index (Phi) is 5.90. The Morgan fingerprint density at radius 3 is 1.57 bits per heavy atom. The molecule has 3 aliphatic heterocycles. The van der Waals surface area contributed by atoms with Crippen molar-refractivity contribution in [2.45, 2.75) is 81.5 Å². The van der Waals surface area contributed by atoms with Crippen molar-refractivity contribution in [3.05, 3.63) is 89.0 Å². The Balaban J connectivity index is 1.08. The second-order valence-electron chi connectivity index (χ2n) is 13.0. The highest BCUT2D eigenvalue weighted by Crippen LogP contribution is 2.48. The zero-order valence-electron chi connectivity index (χ0n) is 24.1. The number of nitrogens with zero attached hydrogens (tertiary/aromatic N) is 3. The highest BCUT2D eigenvalue weighted by molar-refractivity contribution is 5.78. The number of fused-ring (bicyclic) bond motifs is 2. The first-order valence-electron chi connectivity index (χ1n) is 16.1. The van der Waals surface area contributed by atoms with Gasteiger partial charge >= 0.3 is 0 Å². The van der Waals surface area contributed by atoms with Gasteiger partial charge in [-0.3, -0.25) is 0 Å². The Bertz CT molecular complexity index is 1630. The highest BCUT2D eigenvalue weighted by Gasteiger charge is 2.36. The summed E-state index contributed by atoms with van der Waals surface area (Å²) in [5, 5.41) is 7.18. The molecular weight excluding hydrogens is 518 g/mol. The van der Waals surface area contributed by atoms with Crippen molar-refractivity contribution >= 4 is 27.8 Å². The molecule has 4 atom stereocenters. The van der Waals surface area contributed by atoms with Gasteiger partial charge in [-0.2, -0.15) is 0 Å². The predicted molar refractivity (Wildman–Crippen MR) is 168 cm³/mol. The zero-order valence-corrected chi connectivity index (χ0v) is 24.1. The van der Waals surface area contributed by atoms with Crippen LogP contribution in [-0.4, -0.2) is 33.0 Å². The van der Waals surface area contributed by atoms with Crippen molar-refractivity contribution < 1.29 is 0 Å². The fraction of sp³-hybridized carbons (Fsp3) is 0.429. The average Bonchev–Trinajstić information content (AvgIpc) is 3.61. The number of hydrogen-bond donors (Lipinski definition) is 4. The van der Waals surface area contributed by atoms with E-state index in [0.717, 1.165) is 78.4 Å². The topological polar surface area (TPSA) is 84.7 Å². The summed E-state index contributed by atoms with van der Waals surface area (Å²) >= 11 is 0. The van der Waals surface area contributed by atoms with Gasteiger partial charge < -0.3 is 25.5 Å². The van der Waals surface area contributed by atoms with Crippen LogP contribution in [0.4, 0.5) is 5.69 Å². The van der Waals surface area contributed by atoms with Gasteiger partial charge in [-0.25, -0.2) is 9.97 Å². The number of benzene rings is 3. The van der Waals surface area contributed by atoms with Crippen molar-refractivity contribution in [2.75, 3.05) is 18.0 Å². The molecule has 214 valence electrons. The molecule has 7 nitrogen and oxygen atoms in total. The van der Waals surface area contributed by atoms with Crippen LogP contribution < -0.4 is 15.5 Å². The second-order valence-corrected chi connectivity index (χ2v) is 13.0. The lowest BCUT2D eigenvalue weighted by molar-refractivity contribution is 0.614. The molecule has 1 aliphatic carbocycles. The number of anilines is 1. The first-order valence-corrected chi connectivity index (χ1v) is 16.1. The first kappa shape index (κ1) is 24.9. The largest absolute Gasteiger partial charge is 0.357 e. The summed E-state index contributed by atoms with van der Waals surface area (Å²) in [6.45, 7) is 2.15. The molecule has 5 heterocycles. The van der Waals surface area contributed by atoms with Gasteiger partial charge in [0.25, 0.3) is 0 Å². The van der Waals surface area contributed by atoms with E-state index in [0.29, 0.717) is 24.2 Å². The Morgan fingerprint density at radius 2 is 1.10 bits per heavy atom. The molecule has 3 saturated heterocycles. The quantitative estimate of drug-likeness (QED) is 0.177. The third-order valence-electron chi connectivity index (χ3n) is 10.2. The lowest BCUT2D eigenvalue weighted by atomic mass is 10.0. The van der Waals surface area contributed by atoms with Crippen LogP contribution in [0.25, 0.3) is 22.1 Å². The lowest BCUT2D eigenvalue weighted by Crippen LogP contribution is -2.26. The van der Waals surface area contributed by atoms with E-state index in [-0.39, 0.29) is 0 Å². The number of rotatable bonds is 6. The van der Waals surface area contributed by atoms with Crippen LogP contribution >= 0.6 is 0 Å². The van der Waals surface area contributed by atoms with Gasteiger partial charge in [0, 0.05) is 5.69 Å². The third kappa shape index (κ3) is 4.33. The Hall–Kier alpha value is -3.68. The van der Waals surface area contributed by atoms with Gasteiger partial charge in [0.2, 0.25) is 0 Å². The average molecular weight is 558 g/mol. The highest BCUT2D eigenvalue weighted by atomic mass is 15.2. The van der Waals surface area contributed by atoms with Gasteiger partial charge in [-0.15, -0.1) is 0 Å². The number of hydrogen-bond acceptors (Lipinski definition) is 5. The van der Waals surface area contributed by atoms with E-state index < -0.39 is 0 Å². The molecule has 0 spiro atoms. The Labute approximate surface area is 246 Å². The van der Waals surface area contributed by atoms with E-state index in [1.165, 1.54) is 48.1 Å². The molecule has 4 fully saturated rings. The molecule has 1 saturated carbocycles. The molecule has 0 amide bonds. The minimum atomic E-state index is 0.304. The fourth-order valence-corrected chi connectivity index (χ4v) is 7.84. The number of nitrogens with one attached hydrogen (secondary N) is 4. The molecule has 9 rings (SSSR count). The Morgan fingerprint density at radius 1 is 0.571 bits per heavy atom. The van der Waals surface area contributed by atoms with E-state index >= 15 is 0 Å². The molecule has 1 unspecified atom stereocenters. The van der Waals surface area contributed by atoms with Gasteiger partial charge in [-0.05, 0) is 123 Å². The maximum Gasteiger partial charge on any atom is 0.124 e. The van der Waals surface area contributed by atoms with E-state index in [1.807, 2.05) is 0 Å². The summed E-state index contributed by atoms with van der Waals surface area (Å²) in [4.78, 5) is 19.9. The van der Waals surface area contributed by atoms with Crippen molar-refractivity contribution in [1.29, 1.82) is 0 Å². The fourth-order valence-electron chi connectivity index (χ4n) is 7.84.